The number of amides is 1. The van der Waals surface area contributed by atoms with Crippen LogP contribution in [0.2, 0.25) is 0 Å². The van der Waals surface area contributed by atoms with Gasteiger partial charge in [0, 0.05) is 54.8 Å². The molecule has 1 aliphatic carbocycles. The molecule has 41 heavy (non-hydrogen) atoms. The van der Waals surface area contributed by atoms with Gasteiger partial charge in [-0.05, 0) is 56.5 Å². The quantitative estimate of drug-likeness (QED) is 0.185. The minimum Gasteiger partial charge on any atom is -0.618 e. The van der Waals surface area contributed by atoms with Crippen molar-refractivity contribution in [1.82, 2.24) is 19.9 Å². The van der Waals surface area contributed by atoms with E-state index < -0.39 is 11.7 Å². The summed E-state index contributed by atoms with van der Waals surface area (Å²) in [6.07, 6.45) is 2.74. The van der Waals surface area contributed by atoms with E-state index in [2.05, 4.69) is 14.9 Å². The number of piperidine rings is 1. The number of para-hydroxylation sites is 1. The van der Waals surface area contributed by atoms with E-state index in [9.17, 15) is 10.0 Å². The number of nitrogens with two attached hydrogens (primary N) is 1. The second-order valence-electron chi connectivity index (χ2n) is 11.7. The highest BCUT2D eigenvalue weighted by Gasteiger charge is 2.54. The summed E-state index contributed by atoms with van der Waals surface area (Å²) in [4.78, 5) is 35.4. The lowest BCUT2D eigenvalue weighted by atomic mass is 10.1. The summed E-state index contributed by atoms with van der Waals surface area (Å²) < 4.78 is 6.43. The first-order valence-corrected chi connectivity index (χ1v) is 14.3. The van der Waals surface area contributed by atoms with Crippen LogP contribution in [-0.4, -0.2) is 57.8 Å². The number of hydrogen-bond donors (Lipinski definition) is 2. The minimum atomic E-state index is -0.620. The van der Waals surface area contributed by atoms with Gasteiger partial charge >= 0.3 is 6.09 Å². The zero-order valence-corrected chi connectivity index (χ0v) is 24.0. The number of ether oxygens (including phenoxy) is 1. The van der Waals surface area contributed by atoms with Crippen LogP contribution in [0.25, 0.3) is 33.0 Å². The Labute approximate surface area is 240 Å². The smallest absolute Gasteiger partial charge is 0.414 e. The molecule has 4 aromatic heterocycles. The van der Waals surface area contributed by atoms with Crippen LogP contribution < -0.4 is 20.3 Å². The van der Waals surface area contributed by atoms with Crippen molar-refractivity contribution < 1.29 is 14.3 Å². The highest BCUT2D eigenvalue weighted by molar-refractivity contribution is 7.99. The average molecular weight is 571 g/mol. The van der Waals surface area contributed by atoms with Crippen molar-refractivity contribution in [2.24, 2.45) is 17.6 Å². The molecule has 11 nitrogen and oxygen atoms in total. The van der Waals surface area contributed by atoms with Crippen LogP contribution in [0.15, 0.2) is 58.8 Å². The van der Waals surface area contributed by atoms with Gasteiger partial charge in [-0.2, -0.15) is 4.73 Å². The monoisotopic (exact) mass is 570 g/mol. The summed E-state index contributed by atoms with van der Waals surface area (Å²) in [6, 6.07) is 11.4. The fraction of sp³-hybridized carbons (Fsp3) is 0.345. The van der Waals surface area contributed by atoms with Crippen molar-refractivity contribution in [1.29, 1.82) is 0 Å². The van der Waals surface area contributed by atoms with E-state index in [-0.39, 0.29) is 6.04 Å². The highest BCUT2D eigenvalue weighted by Crippen LogP contribution is 2.47. The van der Waals surface area contributed by atoms with Gasteiger partial charge in [0.2, 0.25) is 5.52 Å². The van der Waals surface area contributed by atoms with Crippen LogP contribution in [0.3, 0.4) is 0 Å². The van der Waals surface area contributed by atoms with Gasteiger partial charge in [-0.25, -0.2) is 19.7 Å². The van der Waals surface area contributed by atoms with Crippen molar-refractivity contribution in [3.8, 4) is 0 Å². The number of anilines is 2. The molecule has 1 saturated heterocycles. The Morgan fingerprint density at radius 1 is 1.22 bits per heavy atom. The van der Waals surface area contributed by atoms with Crippen LogP contribution in [0.1, 0.15) is 20.8 Å². The third-order valence-electron chi connectivity index (χ3n) is 7.81. The normalized spacial score (nSPS) is 20.1. The maximum Gasteiger partial charge on any atom is 0.414 e. The molecule has 3 N–H and O–H groups in total. The molecule has 1 amide bonds. The first-order valence-electron chi connectivity index (χ1n) is 13.5. The predicted molar refractivity (Wildman–Crippen MR) is 158 cm³/mol. The molecule has 12 heteroatoms. The van der Waals surface area contributed by atoms with E-state index in [0.29, 0.717) is 39.4 Å². The summed E-state index contributed by atoms with van der Waals surface area (Å²) in [6.45, 7) is 7.20. The number of pyridine rings is 2. The molecular formula is C29H30N8O3S. The van der Waals surface area contributed by atoms with Crippen LogP contribution in [0.4, 0.5) is 16.3 Å². The van der Waals surface area contributed by atoms with Crippen molar-refractivity contribution in [3.63, 3.8) is 0 Å². The van der Waals surface area contributed by atoms with Crippen molar-refractivity contribution in [2.75, 3.05) is 29.9 Å². The third kappa shape index (κ3) is 4.47. The van der Waals surface area contributed by atoms with Gasteiger partial charge in [-0.1, -0.05) is 12.1 Å². The second kappa shape index (κ2) is 9.18. The summed E-state index contributed by atoms with van der Waals surface area (Å²) >= 11 is 1.35. The van der Waals surface area contributed by atoms with Crippen LogP contribution in [0, 0.1) is 17.0 Å². The van der Waals surface area contributed by atoms with Crippen molar-refractivity contribution in [2.45, 2.75) is 42.5 Å². The molecule has 3 atom stereocenters. The Bertz CT molecular complexity index is 1840. The van der Waals surface area contributed by atoms with E-state index in [1.807, 2.05) is 39.0 Å². The number of nitrogens with zero attached hydrogens (tertiary/aromatic N) is 6. The average Bonchev–Trinajstić information content (AvgIpc) is 3.25. The Hall–Kier alpha value is -4.16. The molecule has 0 bridgehead atoms. The number of rotatable bonds is 4. The van der Waals surface area contributed by atoms with Crippen molar-refractivity contribution >= 4 is 62.3 Å². The maximum atomic E-state index is 12.9. The lowest BCUT2D eigenvalue weighted by molar-refractivity contribution is -0.577. The molecule has 7 rings (SSSR count). The van der Waals surface area contributed by atoms with Gasteiger partial charge in [0.1, 0.15) is 22.6 Å². The minimum absolute atomic E-state index is 0.247. The molecule has 1 aromatic carbocycles. The first-order chi connectivity index (χ1) is 19.6. The summed E-state index contributed by atoms with van der Waals surface area (Å²) in [5.74, 6) is 1.76. The largest absolute Gasteiger partial charge is 0.618 e. The molecule has 210 valence electrons. The molecular weight excluding hydrogens is 540 g/mol. The van der Waals surface area contributed by atoms with Crippen LogP contribution in [-0.2, 0) is 4.74 Å². The molecule has 2 fully saturated rings. The van der Waals surface area contributed by atoms with Gasteiger partial charge < -0.3 is 25.6 Å². The molecule has 0 radical (unpaired) electrons. The summed E-state index contributed by atoms with van der Waals surface area (Å²) in [5, 5.41) is 14.7. The number of aromatic amines is 1. The Morgan fingerprint density at radius 2 is 2.00 bits per heavy atom. The van der Waals surface area contributed by atoms with E-state index in [1.165, 1.54) is 22.9 Å². The number of carbonyl (C=O) groups is 1. The van der Waals surface area contributed by atoms with Crippen LogP contribution in [0.5, 0.6) is 0 Å². The molecule has 1 aliphatic heterocycles. The standard InChI is InChI=1S/C29H30N8O3S/c1-29(2,3)40-28(38)35(4)20-9-5-7-16-22-25(32-24(16)20)33-27(34-26(22)36-13-17-18(14-36)23(17)30)41-15-11-21-19(31-12-15)8-6-10-37(21)39/h5-12,17-18,23H,13-14,30H2,1-4H3,(H,32,33,34)/t17-,18+,23?. The maximum absolute atomic E-state index is 12.9. The zero-order valence-electron chi connectivity index (χ0n) is 23.2. The van der Waals surface area contributed by atoms with Gasteiger partial charge in [-0.15, -0.1) is 0 Å². The Kier molecular flexibility index (Phi) is 5.77. The molecule has 5 heterocycles. The molecule has 5 aromatic rings. The lowest BCUT2D eigenvalue weighted by Crippen LogP contribution is -2.34. The fourth-order valence-electron chi connectivity index (χ4n) is 5.70. The topological polar surface area (TPSA) is 140 Å². The second-order valence-corrected chi connectivity index (χ2v) is 12.8. The van der Waals surface area contributed by atoms with Crippen molar-refractivity contribution in [3.05, 3.63) is 54.0 Å². The number of H-pyrrole nitrogens is 1. The van der Waals surface area contributed by atoms with Gasteiger partial charge in [0.25, 0.3) is 0 Å². The Morgan fingerprint density at radius 3 is 2.76 bits per heavy atom. The van der Waals surface area contributed by atoms with E-state index in [0.717, 1.165) is 44.8 Å². The van der Waals surface area contributed by atoms with Crippen LogP contribution >= 0.6 is 11.8 Å². The number of benzene rings is 1. The van der Waals surface area contributed by atoms with Gasteiger partial charge in [0.05, 0.1) is 16.6 Å². The third-order valence-corrected chi connectivity index (χ3v) is 8.63. The molecule has 1 unspecified atom stereocenters. The molecule has 1 saturated carbocycles. The number of nitrogens with one attached hydrogen (secondary N) is 1. The van der Waals surface area contributed by atoms with E-state index >= 15 is 0 Å². The molecule has 2 aliphatic rings. The zero-order chi connectivity index (χ0) is 28.6. The number of hydrogen-bond acceptors (Lipinski definition) is 9. The summed E-state index contributed by atoms with van der Waals surface area (Å²) in [7, 11) is 1.70. The van der Waals surface area contributed by atoms with Gasteiger partial charge in [0.15, 0.2) is 11.4 Å². The fourth-order valence-corrected chi connectivity index (χ4v) is 6.45. The number of fused-ring (bicyclic) bond motifs is 5. The van der Waals surface area contributed by atoms with Gasteiger partial charge in [-0.3, -0.25) is 4.90 Å². The highest BCUT2D eigenvalue weighted by atomic mass is 32.2. The lowest BCUT2D eigenvalue weighted by Gasteiger charge is -2.25. The SMILES string of the molecule is CN(C(=O)OC(C)(C)C)c1cccc2c1[nH]c1nc(Sc3cnc4ccc[n+]([O-])c4c3)nc(N3C[C@@H]4C(N)[C@@H]4C3)c12. The summed E-state index contributed by atoms with van der Waals surface area (Å²) in [5.41, 5.74) is 8.85. The molecule has 0 spiro atoms. The number of aromatic nitrogens is 5. The Balaban J connectivity index is 1.34. The predicted octanol–water partition coefficient (Wildman–Crippen LogP) is 4.21. The first kappa shape index (κ1) is 25.8. The number of carbonyl (C=O) groups excluding carboxylic acids is 1. The van der Waals surface area contributed by atoms with E-state index in [1.54, 1.807) is 31.4 Å². The van der Waals surface area contributed by atoms with E-state index in [4.69, 9.17) is 20.4 Å².